The molecule has 4 atom stereocenters. The fourth-order valence-electron chi connectivity index (χ4n) is 4.07. The highest BCUT2D eigenvalue weighted by molar-refractivity contribution is 5.76. The Balaban J connectivity index is 1.84. The molecule has 0 heterocycles. The highest BCUT2D eigenvalue weighted by Gasteiger charge is 2.39. The molecule has 4 heteroatoms. The van der Waals surface area contributed by atoms with Crippen molar-refractivity contribution >= 4 is 5.91 Å². The lowest BCUT2D eigenvalue weighted by molar-refractivity contribution is -0.124. The number of rotatable bonds is 6. The van der Waals surface area contributed by atoms with Gasteiger partial charge in [0.25, 0.3) is 0 Å². The van der Waals surface area contributed by atoms with Gasteiger partial charge in [-0.2, -0.15) is 0 Å². The number of primary amides is 1. The number of halogens is 1. The Morgan fingerprint density at radius 2 is 1.85 bits per heavy atom. The maximum Gasteiger partial charge on any atom is 0.220 e. The predicted octanol–water partition coefficient (Wildman–Crippen LogP) is 4.42. The molecule has 0 radical (unpaired) electrons. The molecular formula is C22H26FNO2. The van der Waals surface area contributed by atoms with Crippen LogP contribution in [-0.2, 0) is 16.1 Å². The molecule has 3 nitrogen and oxygen atoms in total. The van der Waals surface area contributed by atoms with Crippen molar-refractivity contribution in [2.75, 3.05) is 0 Å². The Morgan fingerprint density at radius 3 is 2.50 bits per heavy atom. The second-order valence-electron chi connectivity index (χ2n) is 7.20. The van der Waals surface area contributed by atoms with Crippen molar-refractivity contribution in [2.24, 2.45) is 17.6 Å². The highest BCUT2D eigenvalue weighted by atomic mass is 19.1. The second-order valence-corrected chi connectivity index (χ2v) is 7.20. The van der Waals surface area contributed by atoms with Crippen LogP contribution in [0, 0.1) is 17.7 Å². The van der Waals surface area contributed by atoms with Crippen LogP contribution < -0.4 is 5.73 Å². The van der Waals surface area contributed by atoms with Gasteiger partial charge in [0.2, 0.25) is 5.91 Å². The summed E-state index contributed by atoms with van der Waals surface area (Å²) in [5, 5.41) is 0. The van der Waals surface area contributed by atoms with Crippen molar-refractivity contribution in [3.63, 3.8) is 0 Å². The second kappa shape index (κ2) is 8.45. The Bertz CT molecular complexity index is 717. The van der Waals surface area contributed by atoms with Gasteiger partial charge >= 0.3 is 0 Å². The van der Waals surface area contributed by atoms with E-state index in [0.717, 1.165) is 30.4 Å². The van der Waals surface area contributed by atoms with Crippen LogP contribution in [0.2, 0.25) is 0 Å². The number of hydrogen-bond donors (Lipinski definition) is 1. The third-order valence-electron chi connectivity index (χ3n) is 5.54. The van der Waals surface area contributed by atoms with Crippen LogP contribution in [0.25, 0.3) is 0 Å². The van der Waals surface area contributed by atoms with E-state index in [1.54, 1.807) is 0 Å². The van der Waals surface area contributed by atoms with Crippen LogP contribution in [0.15, 0.2) is 54.6 Å². The third-order valence-corrected chi connectivity index (χ3v) is 5.54. The minimum atomic E-state index is -0.286. The van der Waals surface area contributed by atoms with Crippen molar-refractivity contribution in [3.8, 4) is 0 Å². The summed E-state index contributed by atoms with van der Waals surface area (Å²) >= 11 is 0. The standard InChI is InChI=1S/C22H26FNO2/c1-15(22(24)25)19-8-5-9-20(26-14-16-6-3-2-4-7-16)21(19)17-10-12-18(23)13-11-17/h2-4,6-7,10-13,15,19-21H,5,8-9,14H2,1H3,(H2,24,25). The van der Waals surface area contributed by atoms with E-state index in [-0.39, 0.29) is 35.6 Å². The first kappa shape index (κ1) is 18.6. The molecule has 1 aliphatic rings. The summed E-state index contributed by atoms with van der Waals surface area (Å²) in [6.45, 7) is 2.42. The van der Waals surface area contributed by atoms with E-state index in [9.17, 15) is 9.18 Å². The van der Waals surface area contributed by atoms with E-state index in [1.807, 2.05) is 49.4 Å². The van der Waals surface area contributed by atoms with Gasteiger partial charge in [-0.3, -0.25) is 4.79 Å². The Hall–Kier alpha value is -2.20. The van der Waals surface area contributed by atoms with Gasteiger partial charge in [0.05, 0.1) is 12.7 Å². The summed E-state index contributed by atoms with van der Waals surface area (Å²) < 4.78 is 19.7. The SMILES string of the molecule is CC(C(N)=O)C1CCCC(OCc2ccccc2)C1c1ccc(F)cc1. The number of ether oxygens (including phenoxy) is 1. The normalized spacial score (nSPS) is 24.2. The first-order valence-corrected chi connectivity index (χ1v) is 9.26. The average Bonchev–Trinajstić information content (AvgIpc) is 2.67. The molecule has 2 aromatic rings. The minimum absolute atomic E-state index is 0.0128. The molecule has 2 aromatic carbocycles. The number of benzene rings is 2. The van der Waals surface area contributed by atoms with E-state index < -0.39 is 0 Å². The van der Waals surface area contributed by atoms with Gasteiger partial charge in [0.1, 0.15) is 5.82 Å². The maximum absolute atomic E-state index is 13.4. The van der Waals surface area contributed by atoms with Crippen LogP contribution in [0.1, 0.15) is 43.2 Å². The minimum Gasteiger partial charge on any atom is -0.373 e. The number of hydrogen-bond acceptors (Lipinski definition) is 2. The Kier molecular flexibility index (Phi) is 6.04. The lowest BCUT2D eigenvalue weighted by Crippen LogP contribution is -2.39. The van der Waals surface area contributed by atoms with Crippen molar-refractivity contribution in [1.29, 1.82) is 0 Å². The zero-order valence-electron chi connectivity index (χ0n) is 15.1. The summed E-state index contributed by atoms with van der Waals surface area (Å²) in [4.78, 5) is 11.8. The summed E-state index contributed by atoms with van der Waals surface area (Å²) in [7, 11) is 0. The summed E-state index contributed by atoms with van der Waals surface area (Å²) in [6, 6.07) is 16.6. The fraction of sp³-hybridized carbons (Fsp3) is 0.409. The third kappa shape index (κ3) is 4.31. The van der Waals surface area contributed by atoms with Gasteiger partial charge < -0.3 is 10.5 Å². The number of amides is 1. The van der Waals surface area contributed by atoms with Crippen molar-refractivity contribution < 1.29 is 13.9 Å². The van der Waals surface area contributed by atoms with Crippen LogP contribution in [-0.4, -0.2) is 12.0 Å². The van der Waals surface area contributed by atoms with Crippen LogP contribution >= 0.6 is 0 Å². The molecule has 0 aliphatic heterocycles. The highest BCUT2D eigenvalue weighted by Crippen LogP contribution is 2.43. The van der Waals surface area contributed by atoms with Gasteiger partial charge in [-0.25, -0.2) is 4.39 Å². The first-order chi connectivity index (χ1) is 12.6. The molecule has 4 unspecified atom stereocenters. The van der Waals surface area contributed by atoms with Crippen molar-refractivity contribution in [2.45, 2.75) is 44.8 Å². The van der Waals surface area contributed by atoms with E-state index in [4.69, 9.17) is 10.5 Å². The van der Waals surface area contributed by atoms with Crippen LogP contribution in [0.5, 0.6) is 0 Å². The maximum atomic E-state index is 13.4. The van der Waals surface area contributed by atoms with Crippen molar-refractivity contribution in [1.82, 2.24) is 0 Å². The summed E-state index contributed by atoms with van der Waals surface area (Å²) in [5.41, 5.74) is 7.74. The molecule has 26 heavy (non-hydrogen) atoms. The largest absolute Gasteiger partial charge is 0.373 e. The van der Waals surface area contributed by atoms with E-state index in [1.165, 1.54) is 12.1 Å². The molecule has 1 aliphatic carbocycles. The quantitative estimate of drug-likeness (QED) is 0.834. The van der Waals surface area contributed by atoms with E-state index in [0.29, 0.717) is 6.61 Å². The topological polar surface area (TPSA) is 52.3 Å². The van der Waals surface area contributed by atoms with Crippen molar-refractivity contribution in [3.05, 3.63) is 71.5 Å². The summed E-state index contributed by atoms with van der Waals surface area (Å²) in [6.07, 6.45) is 2.84. The predicted molar refractivity (Wildman–Crippen MR) is 99.9 cm³/mol. The number of nitrogens with two attached hydrogens (primary N) is 1. The molecule has 2 N–H and O–H groups in total. The number of carbonyl (C=O) groups excluding carboxylic acids is 1. The van der Waals surface area contributed by atoms with Gasteiger partial charge in [0, 0.05) is 11.8 Å². The van der Waals surface area contributed by atoms with E-state index >= 15 is 0 Å². The molecule has 0 spiro atoms. The van der Waals surface area contributed by atoms with E-state index in [2.05, 4.69) is 0 Å². The van der Waals surface area contributed by atoms with Gasteiger partial charge in [-0.15, -0.1) is 0 Å². The fourth-order valence-corrected chi connectivity index (χ4v) is 4.07. The molecular weight excluding hydrogens is 329 g/mol. The average molecular weight is 355 g/mol. The lowest BCUT2D eigenvalue weighted by atomic mass is 9.68. The zero-order chi connectivity index (χ0) is 18.5. The van der Waals surface area contributed by atoms with Gasteiger partial charge in [-0.1, -0.05) is 55.8 Å². The first-order valence-electron chi connectivity index (χ1n) is 9.26. The summed E-state index contributed by atoms with van der Waals surface area (Å²) in [5.74, 6) is -0.646. The molecule has 0 aromatic heterocycles. The Labute approximate surface area is 154 Å². The zero-order valence-corrected chi connectivity index (χ0v) is 15.1. The molecule has 1 amide bonds. The molecule has 138 valence electrons. The van der Waals surface area contributed by atoms with Gasteiger partial charge in [-0.05, 0) is 42.0 Å². The molecule has 3 rings (SSSR count). The molecule has 1 fully saturated rings. The van der Waals surface area contributed by atoms with Gasteiger partial charge in [0.15, 0.2) is 0 Å². The Morgan fingerprint density at radius 1 is 1.15 bits per heavy atom. The molecule has 0 bridgehead atoms. The number of carbonyl (C=O) groups is 1. The monoisotopic (exact) mass is 355 g/mol. The smallest absolute Gasteiger partial charge is 0.220 e. The molecule has 0 saturated heterocycles. The lowest BCUT2D eigenvalue weighted by Gasteiger charge is -2.40. The molecule has 1 saturated carbocycles. The van der Waals surface area contributed by atoms with Crippen LogP contribution in [0.3, 0.4) is 0 Å². The van der Waals surface area contributed by atoms with Crippen LogP contribution in [0.4, 0.5) is 4.39 Å².